The highest BCUT2D eigenvalue weighted by molar-refractivity contribution is 5.93. The predicted molar refractivity (Wildman–Crippen MR) is 72.4 cm³/mol. The van der Waals surface area contributed by atoms with Gasteiger partial charge in [0.1, 0.15) is 5.76 Å². The molecule has 0 aliphatic carbocycles. The lowest BCUT2D eigenvalue weighted by Gasteiger charge is -2.23. The van der Waals surface area contributed by atoms with Crippen LogP contribution in [0, 0.1) is 0 Å². The van der Waals surface area contributed by atoms with Crippen LogP contribution in [0.3, 0.4) is 0 Å². The third kappa shape index (κ3) is 3.59. The molecule has 0 atom stereocenters. The molecule has 0 fully saturated rings. The normalized spacial score (nSPS) is 15.3. The quantitative estimate of drug-likeness (QED) is 0.814. The van der Waals surface area contributed by atoms with Crippen molar-refractivity contribution in [1.82, 2.24) is 14.5 Å². The topological polar surface area (TPSA) is 47.4 Å². The molecule has 2 heterocycles. The second kappa shape index (κ2) is 6.41. The van der Waals surface area contributed by atoms with Crippen molar-refractivity contribution in [2.45, 2.75) is 32.7 Å². The van der Waals surface area contributed by atoms with E-state index in [-0.39, 0.29) is 5.91 Å². The lowest BCUT2D eigenvalue weighted by molar-refractivity contribution is -0.126. The van der Waals surface area contributed by atoms with E-state index in [0.29, 0.717) is 0 Å². The SMILES string of the molecule is CC1=C(C(=O)N(C)CCCn2ccnc2)CCCO1. The number of ether oxygens (including phenoxy) is 1. The zero-order valence-corrected chi connectivity index (χ0v) is 11.6. The van der Waals surface area contributed by atoms with Gasteiger partial charge in [-0.05, 0) is 26.2 Å². The van der Waals surface area contributed by atoms with Gasteiger partial charge in [0.05, 0.1) is 18.5 Å². The zero-order chi connectivity index (χ0) is 13.7. The molecule has 0 unspecified atom stereocenters. The summed E-state index contributed by atoms with van der Waals surface area (Å²) in [6, 6.07) is 0. The lowest BCUT2D eigenvalue weighted by Crippen LogP contribution is -2.31. The summed E-state index contributed by atoms with van der Waals surface area (Å²) < 4.78 is 7.47. The molecule has 1 aromatic rings. The number of carbonyl (C=O) groups excluding carboxylic acids is 1. The maximum absolute atomic E-state index is 12.3. The van der Waals surface area contributed by atoms with Crippen LogP contribution < -0.4 is 0 Å². The summed E-state index contributed by atoms with van der Waals surface area (Å²) in [5.41, 5.74) is 0.830. The van der Waals surface area contributed by atoms with E-state index in [1.165, 1.54) is 0 Å². The zero-order valence-electron chi connectivity index (χ0n) is 11.6. The van der Waals surface area contributed by atoms with Crippen molar-refractivity contribution in [2.24, 2.45) is 0 Å². The van der Waals surface area contributed by atoms with Gasteiger partial charge in [0.25, 0.3) is 5.91 Å². The minimum atomic E-state index is 0.0998. The van der Waals surface area contributed by atoms with E-state index in [4.69, 9.17) is 4.74 Å². The van der Waals surface area contributed by atoms with Gasteiger partial charge in [-0.2, -0.15) is 0 Å². The number of hydrogen-bond donors (Lipinski definition) is 0. The molecule has 104 valence electrons. The second-order valence-corrected chi connectivity index (χ2v) is 4.87. The molecule has 0 radical (unpaired) electrons. The Balaban J connectivity index is 1.82. The molecular weight excluding hydrogens is 242 g/mol. The Morgan fingerprint density at radius 1 is 1.58 bits per heavy atom. The standard InChI is InChI=1S/C14H21N3O2/c1-12-13(5-3-10-19-12)14(18)16(2)7-4-8-17-9-6-15-11-17/h6,9,11H,3-5,7-8,10H2,1-2H3. The Hall–Kier alpha value is -1.78. The summed E-state index contributed by atoms with van der Waals surface area (Å²) in [5.74, 6) is 0.889. The molecule has 2 rings (SSSR count). The Kier molecular flexibility index (Phi) is 4.60. The maximum atomic E-state index is 12.3. The van der Waals surface area contributed by atoms with E-state index in [9.17, 15) is 4.79 Å². The van der Waals surface area contributed by atoms with Crippen molar-refractivity contribution in [2.75, 3.05) is 20.2 Å². The van der Waals surface area contributed by atoms with Crippen LogP contribution in [0.5, 0.6) is 0 Å². The van der Waals surface area contributed by atoms with E-state index < -0.39 is 0 Å². The third-order valence-electron chi connectivity index (χ3n) is 3.39. The first kappa shape index (κ1) is 13.6. The van der Waals surface area contributed by atoms with E-state index in [1.807, 2.05) is 24.7 Å². The molecule has 19 heavy (non-hydrogen) atoms. The van der Waals surface area contributed by atoms with E-state index >= 15 is 0 Å². The highest BCUT2D eigenvalue weighted by atomic mass is 16.5. The highest BCUT2D eigenvalue weighted by Crippen LogP contribution is 2.20. The summed E-state index contributed by atoms with van der Waals surface area (Å²) in [6.45, 7) is 4.23. The largest absolute Gasteiger partial charge is 0.498 e. The van der Waals surface area contributed by atoms with Gasteiger partial charge in [0.15, 0.2) is 0 Å². The Labute approximate surface area is 113 Å². The van der Waals surface area contributed by atoms with Gasteiger partial charge in [-0.1, -0.05) is 0 Å². The van der Waals surface area contributed by atoms with Crippen molar-refractivity contribution in [3.8, 4) is 0 Å². The average molecular weight is 263 g/mol. The van der Waals surface area contributed by atoms with Gasteiger partial charge in [0, 0.05) is 32.5 Å². The molecular formula is C14H21N3O2. The summed E-state index contributed by atoms with van der Waals surface area (Å²) >= 11 is 0. The molecule has 5 heteroatoms. The first-order chi connectivity index (χ1) is 9.18. The molecule has 5 nitrogen and oxygen atoms in total. The maximum Gasteiger partial charge on any atom is 0.252 e. The fraction of sp³-hybridized carbons (Fsp3) is 0.571. The van der Waals surface area contributed by atoms with Gasteiger partial charge in [-0.3, -0.25) is 4.79 Å². The summed E-state index contributed by atoms with van der Waals surface area (Å²) in [6.07, 6.45) is 8.18. The lowest BCUT2D eigenvalue weighted by atomic mass is 10.1. The number of aryl methyl sites for hydroxylation is 1. The van der Waals surface area contributed by atoms with Crippen molar-refractivity contribution < 1.29 is 9.53 Å². The van der Waals surface area contributed by atoms with E-state index in [1.54, 1.807) is 17.4 Å². The van der Waals surface area contributed by atoms with Crippen molar-refractivity contribution >= 4 is 5.91 Å². The van der Waals surface area contributed by atoms with Crippen molar-refractivity contribution in [1.29, 1.82) is 0 Å². The monoisotopic (exact) mass is 263 g/mol. The summed E-state index contributed by atoms with van der Waals surface area (Å²) in [7, 11) is 1.85. The number of carbonyl (C=O) groups is 1. The highest BCUT2D eigenvalue weighted by Gasteiger charge is 2.20. The number of hydrogen-bond acceptors (Lipinski definition) is 3. The van der Waals surface area contributed by atoms with Crippen LogP contribution in [-0.4, -0.2) is 40.6 Å². The molecule has 0 bridgehead atoms. The third-order valence-corrected chi connectivity index (χ3v) is 3.39. The fourth-order valence-electron chi connectivity index (χ4n) is 2.24. The molecule has 1 amide bonds. The molecule has 1 aliphatic heterocycles. The number of nitrogens with zero attached hydrogens (tertiary/aromatic N) is 3. The van der Waals surface area contributed by atoms with Crippen molar-refractivity contribution in [3.05, 3.63) is 30.1 Å². The molecule has 0 spiro atoms. The molecule has 0 saturated heterocycles. The Bertz CT molecular complexity index is 451. The Morgan fingerprint density at radius 3 is 3.11 bits per heavy atom. The number of amides is 1. The summed E-state index contributed by atoms with van der Waals surface area (Å²) in [4.78, 5) is 18.0. The molecule has 0 aromatic carbocycles. The van der Waals surface area contributed by atoms with Crippen LogP contribution in [0.25, 0.3) is 0 Å². The van der Waals surface area contributed by atoms with E-state index in [2.05, 4.69) is 4.98 Å². The van der Waals surface area contributed by atoms with E-state index in [0.717, 1.165) is 50.3 Å². The van der Waals surface area contributed by atoms with Gasteiger partial charge in [-0.15, -0.1) is 0 Å². The molecule has 0 N–H and O–H groups in total. The van der Waals surface area contributed by atoms with Gasteiger partial charge < -0.3 is 14.2 Å². The first-order valence-corrected chi connectivity index (χ1v) is 6.72. The minimum Gasteiger partial charge on any atom is -0.498 e. The molecule has 1 aliphatic rings. The number of likely N-dealkylation sites (N-methyl/N-ethyl adjacent to an activating group) is 1. The first-order valence-electron chi connectivity index (χ1n) is 6.72. The van der Waals surface area contributed by atoms with Crippen LogP contribution in [0.2, 0.25) is 0 Å². The van der Waals surface area contributed by atoms with Gasteiger partial charge in [0.2, 0.25) is 0 Å². The average Bonchev–Trinajstić information content (AvgIpc) is 2.91. The van der Waals surface area contributed by atoms with Crippen LogP contribution >= 0.6 is 0 Å². The number of allylic oxidation sites excluding steroid dienone is 1. The number of aromatic nitrogens is 2. The number of imidazole rings is 1. The fourth-order valence-corrected chi connectivity index (χ4v) is 2.24. The Morgan fingerprint density at radius 2 is 2.42 bits per heavy atom. The second-order valence-electron chi connectivity index (χ2n) is 4.87. The number of rotatable bonds is 5. The predicted octanol–water partition coefficient (Wildman–Crippen LogP) is 1.82. The van der Waals surface area contributed by atoms with Gasteiger partial charge in [-0.25, -0.2) is 4.98 Å². The summed E-state index contributed by atoms with van der Waals surface area (Å²) in [5, 5.41) is 0. The van der Waals surface area contributed by atoms with Crippen molar-refractivity contribution in [3.63, 3.8) is 0 Å². The minimum absolute atomic E-state index is 0.0998. The molecule has 0 saturated carbocycles. The van der Waals surface area contributed by atoms with Crippen LogP contribution in [0.4, 0.5) is 0 Å². The van der Waals surface area contributed by atoms with Gasteiger partial charge >= 0.3 is 0 Å². The molecule has 1 aromatic heterocycles. The van der Waals surface area contributed by atoms with Crippen LogP contribution in [0.15, 0.2) is 30.1 Å². The van der Waals surface area contributed by atoms with Crippen LogP contribution in [0.1, 0.15) is 26.2 Å². The van der Waals surface area contributed by atoms with Crippen LogP contribution in [-0.2, 0) is 16.1 Å². The smallest absolute Gasteiger partial charge is 0.252 e.